The van der Waals surface area contributed by atoms with Crippen molar-refractivity contribution in [1.29, 1.82) is 0 Å². The van der Waals surface area contributed by atoms with Gasteiger partial charge in [-0.05, 0) is 19.1 Å². The molecule has 7 heteroatoms. The average molecular weight is 295 g/mol. The zero-order chi connectivity index (χ0) is 13.6. The van der Waals surface area contributed by atoms with E-state index < -0.39 is 15.9 Å². The molecule has 1 N–H and O–H groups in total. The molecular formula is C11H21NO4S2. The number of carbonyl (C=O) groups excluding carboxylic acids is 1. The first-order valence-electron chi connectivity index (χ1n) is 6.23. The van der Waals surface area contributed by atoms with Crippen LogP contribution in [-0.2, 0) is 14.6 Å². The number of thioether (sulfide) groups is 1. The quantitative estimate of drug-likeness (QED) is 0.751. The van der Waals surface area contributed by atoms with Gasteiger partial charge >= 0.3 is 6.09 Å². The fraction of sp³-hybridized carbons (Fsp3) is 0.909. The van der Waals surface area contributed by atoms with E-state index in [1.807, 2.05) is 0 Å². The SMILES string of the molecule is CCCCSC1CS(=O)(=O)CC1NC(=O)OCC. The molecule has 1 heterocycles. The van der Waals surface area contributed by atoms with Gasteiger partial charge in [0.15, 0.2) is 9.84 Å². The Morgan fingerprint density at radius 1 is 1.39 bits per heavy atom. The normalized spacial score (nSPS) is 25.9. The van der Waals surface area contributed by atoms with Crippen molar-refractivity contribution in [2.45, 2.75) is 38.0 Å². The number of rotatable bonds is 6. The highest BCUT2D eigenvalue weighted by Crippen LogP contribution is 2.25. The summed E-state index contributed by atoms with van der Waals surface area (Å²) >= 11 is 1.63. The second-order valence-electron chi connectivity index (χ2n) is 4.31. The van der Waals surface area contributed by atoms with Crippen LogP contribution in [0.4, 0.5) is 4.79 Å². The largest absolute Gasteiger partial charge is 0.450 e. The first-order chi connectivity index (χ1) is 8.48. The minimum atomic E-state index is -3.03. The number of nitrogens with one attached hydrogen (secondary N) is 1. The van der Waals surface area contributed by atoms with E-state index in [0.717, 1.165) is 18.6 Å². The van der Waals surface area contributed by atoms with Crippen molar-refractivity contribution in [3.8, 4) is 0 Å². The van der Waals surface area contributed by atoms with E-state index in [9.17, 15) is 13.2 Å². The molecule has 18 heavy (non-hydrogen) atoms. The Hall–Kier alpha value is -0.430. The Morgan fingerprint density at radius 3 is 2.72 bits per heavy atom. The van der Waals surface area contributed by atoms with Crippen LogP contribution in [-0.4, -0.2) is 49.7 Å². The van der Waals surface area contributed by atoms with Crippen molar-refractivity contribution in [1.82, 2.24) is 5.32 Å². The van der Waals surface area contributed by atoms with Crippen molar-refractivity contribution in [3.05, 3.63) is 0 Å². The lowest BCUT2D eigenvalue weighted by Crippen LogP contribution is -2.41. The monoisotopic (exact) mass is 295 g/mol. The molecule has 1 amide bonds. The summed E-state index contributed by atoms with van der Waals surface area (Å²) in [5, 5.41) is 2.60. The number of hydrogen-bond acceptors (Lipinski definition) is 5. The van der Waals surface area contributed by atoms with Crippen molar-refractivity contribution in [2.75, 3.05) is 23.9 Å². The molecule has 0 aromatic rings. The van der Waals surface area contributed by atoms with Gasteiger partial charge in [0.05, 0.1) is 24.2 Å². The summed E-state index contributed by atoms with van der Waals surface area (Å²) < 4.78 is 28.0. The zero-order valence-electron chi connectivity index (χ0n) is 10.8. The first-order valence-corrected chi connectivity index (χ1v) is 9.10. The molecule has 0 aliphatic carbocycles. The Bertz CT molecular complexity index is 369. The Labute approximate surface area is 113 Å². The van der Waals surface area contributed by atoms with Gasteiger partial charge in [0.2, 0.25) is 0 Å². The van der Waals surface area contributed by atoms with Crippen molar-refractivity contribution >= 4 is 27.7 Å². The minimum absolute atomic E-state index is 0.0234. The zero-order valence-corrected chi connectivity index (χ0v) is 12.5. The maximum absolute atomic E-state index is 11.6. The maximum Gasteiger partial charge on any atom is 0.407 e. The molecular weight excluding hydrogens is 274 g/mol. The topological polar surface area (TPSA) is 72.5 Å². The summed E-state index contributed by atoms with van der Waals surface area (Å²) in [5.41, 5.74) is 0. The Morgan fingerprint density at radius 2 is 2.11 bits per heavy atom. The molecule has 2 unspecified atom stereocenters. The molecule has 1 saturated heterocycles. The molecule has 0 aromatic carbocycles. The summed E-state index contributed by atoms with van der Waals surface area (Å²) in [6.45, 7) is 4.11. The lowest BCUT2D eigenvalue weighted by Gasteiger charge is -2.18. The van der Waals surface area contributed by atoms with Gasteiger partial charge in [-0.15, -0.1) is 0 Å². The van der Waals surface area contributed by atoms with E-state index >= 15 is 0 Å². The summed E-state index contributed by atoms with van der Waals surface area (Å²) in [6.07, 6.45) is 1.62. The van der Waals surface area contributed by atoms with Crippen molar-refractivity contribution in [3.63, 3.8) is 0 Å². The molecule has 5 nitrogen and oxygen atoms in total. The van der Waals surface area contributed by atoms with Gasteiger partial charge in [-0.25, -0.2) is 13.2 Å². The molecule has 0 aromatic heterocycles. The van der Waals surface area contributed by atoms with Crippen LogP contribution in [0, 0.1) is 0 Å². The fourth-order valence-corrected chi connectivity index (χ4v) is 5.83. The highest BCUT2D eigenvalue weighted by atomic mass is 32.2. The lowest BCUT2D eigenvalue weighted by atomic mass is 10.2. The van der Waals surface area contributed by atoms with Crippen LogP contribution in [0.15, 0.2) is 0 Å². The summed E-state index contributed by atoms with van der Waals surface area (Å²) in [7, 11) is -3.03. The number of unbranched alkanes of at least 4 members (excludes halogenated alkanes) is 1. The highest BCUT2D eigenvalue weighted by molar-refractivity contribution is 8.01. The van der Waals surface area contributed by atoms with Crippen LogP contribution in [0.3, 0.4) is 0 Å². The van der Waals surface area contributed by atoms with Gasteiger partial charge in [0, 0.05) is 5.25 Å². The van der Waals surface area contributed by atoms with Crippen LogP contribution in [0.25, 0.3) is 0 Å². The van der Waals surface area contributed by atoms with Gasteiger partial charge < -0.3 is 10.1 Å². The number of sulfone groups is 1. The Balaban J connectivity index is 2.53. The fourth-order valence-electron chi connectivity index (χ4n) is 1.82. The number of hydrogen-bond donors (Lipinski definition) is 1. The number of ether oxygens (including phenoxy) is 1. The summed E-state index contributed by atoms with van der Waals surface area (Å²) in [6, 6.07) is -0.323. The lowest BCUT2D eigenvalue weighted by molar-refractivity contribution is 0.149. The highest BCUT2D eigenvalue weighted by Gasteiger charge is 2.38. The van der Waals surface area contributed by atoms with Crippen LogP contribution in [0.2, 0.25) is 0 Å². The van der Waals surface area contributed by atoms with Gasteiger partial charge in [0.1, 0.15) is 0 Å². The van der Waals surface area contributed by atoms with Gasteiger partial charge in [0.25, 0.3) is 0 Å². The van der Waals surface area contributed by atoms with Gasteiger partial charge in [-0.1, -0.05) is 13.3 Å². The molecule has 0 spiro atoms. The first kappa shape index (κ1) is 15.6. The average Bonchev–Trinajstić information content (AvgIpc) is 2.54. The molecule has 1 aliphatic heterocycles. The van der Waals surface area contributed by atoms with Gasteiger partial charge in [-0.2, -0.15) is 11.8 Å². The molecule has 106 valence electrons. The maximum atomic E-state index is 11.6. The molecule has 0 bridgehead atoms. The van der Waals surface area contributed by atoms with Gasteiger partial charge in [-0.3, -0.25) is 0 Å². The van der Waals surface area contributed by atoms with Crippen molar-refractivity contribution < 1.29 is 17.9 Å². The second-order valence-corrected chi connectivity index (χ2v) is 7.81. The summed E-state index contributed by atoms with van der Waals surface area (Å²) in [4.78, 5) is 11.3. The van der Waals surface area contributed by atoms with E-state index in [-0.39, 0.29) is 22.8 Å². The van der Waals surface area contributed by atoms with Crippen LogP contribution >= 0.6 is 11.8 Å². The summed E-state index contributed by atoms with van der Waals surface area (Å²) in [5.74, 6) is 1.10. The van der Waals surface area contributed by atoms with Crippen LogP contribution in [0.1, 0.15) is 26.7 Å². The number of carbonyl (C=O) groups is 1. The molecule has 1 aliphatic rings. The molecule has 0 radical (unpaired) electrons. The Kier molecular flexibility index (Phi) is 6.28. The minimum Gasteiger partial charge on any atom is -0.450 e. The number of alkyl carbamates (subject to hydrolysis) is 1. The molecule has 0 saturated carbocycles. The third-order valence-corrected chi connectivity index (χ3v) is 6.10. The van der Waals surface area contributed by atoms with Crippen molar-refractivity contribution in [2.24, 2.45) is 0 Å². The van der Waals surface area contributed by atoms with E-state index in [1.54, 1.807) is 18.7 Å². The van der Waals surface area contributed by atoms with E-state index in [2.05, 4.69) is 12.2 Å². The standard InChI is InChI=1S/C11H21NO4S2/c1-3-5-6-17-10-8-18(14,15)7-9(10)12-11(13)16-4-2/h9-10H,3-8H2,1-2H3,(H,12,13). The predicted octanol–water partition coefficient (Wildman–Crippen LogP) is 1.43. The number of amides is 1. The van der Waals surface area contributed by atoms with Crippen LogP contribution in [0.5, 0.6) is 0 Å². The third kappa shape index (κ3) is 5.06. The van der Waals surface area contributed by atoms with Crippen LogP contribution < -0.4 is 5.32 Å². The van der Waals surface area contributed by atoms with E-state index in [1.165, 1.54) is 0 Å². The van der Waals surface area contributed by atoms with E-state index in [4.69, 9.17) is 4.74 Å². The predicted molar refractivity (Wildman–Crippen MR) is 73.8 cm³/mol. The second kappa shape index (κ2) is 7.23. The van der Waals surface area contributed by atoms with E-state index in [0.29, 0.717) is 6.61 Å². The molecule has 2 atom stereocenters. The molecule has 1 fully saturated rings. The third-order valence-electron chi connectivity index (χ3n) is 2.71. The molecule has 1 rings (SSSR count). The smallest absolute Gasteiger partial charge is 0.407 e.